The fourth-order valence-corrected chi connectivity index (χ4v) is 2.02. The third kappa shape index (κ3) is 5.86. The molecule has 2 aromatic rings. The molecule has 0 saturated heterocycles. The Morgan fingerprint density at radius 3 is 2.12 bits per heavy atom. The number of carboxylic acids is 1. The van der Waals surface area contributed by atoms with Gasteiger partial charge in [-0.2, -0.15) is 0 Å². The van der Waals surface area contributed by atoms with Gasteiger partial charge in [0.15, 0.2) is 17.4 Å². The molecular formula is C17H17F2NO4S. The Morgan fingerprint density at radius 1 is 1.16 bits per heavy atom. The Kier molecular flexibility index (Phi) is 8.06. The minimum atomic E-state index is -1.17. The van der Waals surface area contributed by atoms with Crippen LogP contribution in [0.3, 0.4) is 0 Å². The van der Waals surface area contributed by atoms with Crippen molar-refractivity contribution in [2.24, 2.45) is 5.73 Å². The number of halogens is 2. The summed E-state index contributed by atoms with van der Waals surface area (Å²) in [4.78, 5) is 11.3. The van der Waals surface area contributed by atoms with Gasteiger partial charge < -0.3 is 20.1 Å². The van der Waals surface area contributed by atoms with Crippen LogP contribution in [0.15, 0.2) is 46.9 Å². The zero-order chi connectivity index (χ0) is 19.0. The lowest BCUT2D eigenvalue weighted by atomic mass is 10.1. The van der Waals surface area contributed by atoms with Crippen LogP contribution in [0.1, 0.15) is 12.5 Å². The smallest absolute Gasteiger partial charge is 0.331 e. The van der Waals surface area contributed by atoms with E-state index in [2.05, 4.69) is 5.73 Å². The summed E-state index contributed by atoms with van der Waals surface area (Å²) in [7, 11) is 1.50. The maximum absolute atomic E-state index is 14.0. The lowest BCUT2D eigenvalue weighted by molar-refractivity contribution is -0.132. The second-order valence-electron chi connectivity index (χ2n) is 4.61. The first kappa shape index (κ1) is 20.6. The number of benzene rings is 2. The number of nitrogens with two attached hydrogens (primary N) is 1. The van der Waals surface area contributed by atoms with Gasteiger partial charge in [-0.25, -0.2) is 13.6 Å². The zero-order valence-electron chi connectivity index (χ0n) is 13.5. The van der Waals surface area contributed by atoms with Crippen LogP contribution in [0.5, 0.6) is 11.5 Å². The highest BCUT2D eigenvalue weighted by atomic mass is 32.2. The van der Waals surface area contributed by atoms with Crippen LogP contribution >= 0.6 is 12.0 Å². The van der Waals surface area contributed by atoms with Crippen LogP contribution in [0, 0.1) is 11.6 Å². The van der Waals surface area contributed by atoms with Gasteiger partial charge in [-0.3, -0.25) is 0 Å². The van der Waals surface area contributed by atoms with E-state index in [1.807, 2.05) is 0 Å². The molecule has 0 aliphatic heterocycles. The van der Waals surface area contributed by atoms with Gasteiger partial charge in [-0.15, -0.1) is 0 Å². The number of carboxylic acid groups (broad SMARTS) is 1. The van der Waals surface area contributed by atoms with Gasteiger partial charge in [-0.1, -0.05) is 0 Å². The Hall–Kier alpha value is -2.42. The minimum Gasteiger partial charge on any atom is -0.478 e. The SMILES string of the molecule is C/C(=C\c1cc(F)c(Oc2ccc(SO)cc2)c(F)c1)C(=O)O.CN. The Balaban J connectivity index is 0.00000151. The van der Waals surface area contributed by atoms with E-state index in [9.17, 15) is 13.6 Å². The fraction of sp³-hybridized carbons (Fsp3) is 0.118. The Labute approximate surface area is 147 Å². The van der Waals surface area contributed by atoms with Crippen molar-refractivity contribution in [1.82, 2.24) is 0 Å². The summed E-state index contributed by atoms with van der Waals surface area (Å²) in [5.74, 6) is -3.46. The molecule has 0 aliphatic rings. The Bertz CT molecular complexity index is 741. The second kappa shape index (κ2) is 9.77. The highest BCUT2D eigenvalue weighted by Gasteiger charge is 2.14. The average Bonchev–Trinajstić information content (AvgIpc) is 2.60. The molecule has 0 atom stereocenters. The van der Waals surface area contributed by atoms with E-state index >= 15 is 0 Å². The van der Waals surface area contributed by atoms with Crippen molar-refractivity contribution in [1.29, 1.82) is 0 Å². The molecule has 0 fully saturated rings. The number of aliphatic carboxylic acids is 1. The van der Waals surface area contributed by atoms with Gasteiger partial charge >= 0.3 is 5.97 Å². The van der Waals surface area contributed by atoms with Crippen LogP contribution in [0.25, 0.3) is 6.08 Å². The summed E-state index contributed by atoms with van der Waals surface area (Å²) in [5.41, 5.74) is 4.54. The van der Waals surface area contributed by atoms with Crippen molar-refractivity contribution < 1.29 is 28.0 Å². The van der Waals surface area contributed by atoms with Crippen LogP contribution in [-0.2, 0) is 4.79 Å². The summed E-state index contributed by atoms with van der Waals surface area (Å²) < 4.78 is 42.0. The van der Waals surface area contributed by atoms with Crippen molar-refractivity contribution in [3.8, 4) is 11.5 Å². The van der Waals surface area contributed by atoms with E-state index in [1.165, 1.54) is 38.2 Å². The third-order valence-corrected chi connectivity index (χ3v) is 3.37. The largest absolute Gasteiger partial charge is 0.478 e. The van der Waals surface area contributed by atoms with E-state index in [0.29, 0.717) is 16.9 Å². The highest BCUT2D eigenvalue weighted by molar-refractivity contribution is 7.93. The van der Waals surface area contributed by atoms with Gasteiger partial charge in [0.1, 0.15) is 5.75 Å². The molecule has 0 aliphatic carbocycles. The molecule has 4 N–H and O–H groups in total. The number of hydrogen-bond acceptors (Lipinski definition) is 5. The van der Waals surface area contributed by atoms with Crippen LogP contribution < -0.4 is 10.5 Å². The fourth-order valence-electron chi connectivity index (χ4n) is 1.76. The number of rotatable bonds is 5. The zero-order valence-corrected chi connectivity index (χ0v) is 14.3. The molecule has 2 rings (SSSR count). The quantitative estimate of drug-likeness (QED) is 0.535. The molecular weight excluding hydrogens is 352 g/mol. The topological polar surface area (TPSA) is 92.8 Å². The summed E-state index contributed by atoms with van der Waals surface area (Å²) in [6, 6.07) is 7.96. The van der Waals surface area contributed by atoms with Crippen LogP contribution in [-0.4, -0.2) is 22.7 Å². The molecule has 0 heterocycles. The molecule has 134 valence electrons. The van der Waals surface area contributed by atoms with Crippen LogP contribution in [0.2, 0.25) is 0 Å². The molecule has 25 heavy (non-hydrogen) atoms. The summed E-state index contributed by atoms with van der Waals surface area (Å²) in [6.07, 6.45) is 1.16. The van der Waals surface area contributed by atoms with Gasteiger partial charge in [0.05, 0.1) is 0 Å². The molecule has 0 spiro atoms. The van der Waals surface area contributed by atoms with Gasteiger partial charge in [0.25, 0.3) is 0 Å². The van der Waals surface area contributed by atoms with Crippen molar-refractivity contribution in [2.45, 2.75) is 11.8 Å². The molecule has 0 bridgehead atoms. The summed E-state index contributed by atoms with van der Waals surface area (Å²) >= 11 is 0.542. The minimum absolute atomic E-state index is 0.0467. The van der Waals surface area contributed by atoms with Gasteiger partial charge in [0, 0.05) is 22.5 Å². The highest BCUT2D eigenvalue weighted by Crippen LogP contribution is 2.30. The predicted octanol–water partition coefficient (Wildman–Crippen LogP) is 4.39. The molecule has 0 saturated carbocycles. The van der Waals surface area contributed by atoms with Crippen molar-refractivity contribution in [2.75, 3.05) is 7.05 Å². The molecule has 0 radical (unpaired) electrons. The number of hydrogen-bond donors (Lipinski definition) is 3. The molecule has 2 aromatic carbocycles. The lowest BCUT2D eigenvalue weighted by Crippen LogP contribution is -1.97. The van der Waals surface area contributed by atoms with E-state index in [1.54, 1.807) is 0 Å². The first-order valence-corrected chi connectivity index (χ1v) is 7.75. The average molecular weight is 369 g/mol. The van der Waals surface area contributed by atoms with E-state index in [0.717, 1.165) is 18.2 Å². The third-order valence-electron chi connectivity index (χ3n) is 2.89. The van der Waals surface area contributed by atoms with Gasteiger partial charge in [0.2, 0.25) is 0 Å². The second-order valence-corrected chi connectivity index (χ2v) is 5.26. The first-order valence-electron chi connectivity index (χ1n) is 6.98. The number of carbonyl (C=O) groups is 1. The standard InChI is InChI=1S/C16H12F2O4S.CH5N/c1-9(16(19)20)6-10-7-13(17)15(14(18)8-10)22-11-2-4-12(23-21)5-3-11;1-2/h2-8,21H,1H3,(H,19,20);2H2,1H3/b9-6+;. The van der Waals surface area contributed by atoms with Crippen molar-refractivity contribution in [3.63, 3.8) is 0 Å². The summed E-state index contributed by atoms with van der Waals surface area (Å²) in [6.45, 7) is 1.32. The molecule has 0 amide bonds. The van der Waals surface area contributed by atoms with Crippen molar-refractivity contribution >= 4 is 24.1 Å². The van der Waals surface area contributed by atoms with Crippen LogP contribution in [0.4, 0.5) is 8.78 Å². The lowest BCUT2D eigenvalue weighted by Gasteiger charge is -2.09. The molecule has 5 nitrogen and oxygen atoms in total. The molecule has 0 aromatic heterocycles. The van der Waals surface area contributed by atoms with E-state index < -0.39 is 23.4 Å². The Morgan fingerprint density at radius 2 is 1.68 bits per heavy atom. The number of ether oxygens (including phenoxy) is 1. The first-order chi connectivity index (χ1) is 11.9. The maximum atomic E-state index is 14.0. The van der Waals surface area contributed by atoms with Gasteiger partial charge in [-0.05, 0) is 62.0 Å². The monoisotopic (exact) mass is 369 g/mol. The molecule has 0 unspecified atom stereocenters. The summed E-state index contributed by atoms with van der Waals surface area (Å²) in [5, 5.41) is 8.77. The molecule has 8 heteroatoms. The van der Waals surface area contributed by atoms with E-state index in [-0.39, 0.29) is 16.9 Å². The normalized spacial score (nSPS) is 10.7. The maximum Gasteiger partial charge on any atom is 0.331 e. The predicted molar refractivity (Wildman–Crippen MR) is 92.8 cm³/mol. The van der Waals surface area contributed by atoms with E-state index in [4.69, 9.17) is 14.4 Å². The van der Waals surface area contributed by atoms with Crippen molar-refractivity contribution in [3.05, 3.63) is 59.2 Å².